The fraction of sp³-hybridized carbons (Fsp3) is 0.273. The van der Waals surface area contributed by atoms with Crippen LogP contribution in [0.1, 0.15) is 61.3 Å². The van der Waals surface area contributed by atoms with Gasteiger partial charge in [-0.3, -0.25) is 4.79 Å². The molecule has 0 saturated heterocycles. The molecule has 3 aromatic rings. The van der Waals surface area contributed by atoms with Gasteiger partial charge in [0.1, 0.15) is 18.1 Å². The van der Waals surface area contributed by atoms with Crippen LogP contribution in [0.4, 0.5) is 0 Å². The Morgan fingerprint density at radius 3 is 2.67 bits per heavy atom. The van der Waals surface area contributed by atoms with Crippen LogP contribution in [0.5, 0.6) is 0 Å². The monoisotopic (exact) mass is 363 g/mol. The summed E-state index contributed by atoms with van der Waals surface area (Å²) >= 11 is 0. The second-order valence-corrected chi connectivity index (χ2v) is 7.08. The van der Waals surface area contributed by atoms with E-state index in [2.05, 4.69) is 4.98 Å². The van der Waals surface area contributed by atoms with E-state index in [1.807, 2.05) is 43.3 Å². The minimum Gasteiger partial charge on any atom is -0.469 e. The van der Waals surface area contributed by atoms with Gasteiger partial charge in [-0.2, -0.15) is 0 Å². The maximum Gasteiger partial charge on any atom is 0.355 e. The lowest BCUT2D eigenvalue weighted by Gasteiger charge is -2.19. The Kier molecular flexibility index (Phi) is 4.44. The normalized spacial score (nSPS) is 16.2. The molecule has 1 aromatic carbocycles. The van der Waals surface area contributed by atoms with Gasteiger partial charge >= 0.3 is 5.97 Å². The average Bonchev–Trinajstić information content (AvgIpc) is 3.29. The van der Waals surface area contributed by atoms with Crippen LogP contribution in [0.15, 0.2) is 47.1 Å². The molecule has 1 aliphatic rings. The molecule has 138 valence electrons. The molecule has 5 heteroatoms. The number of nitrogens with one attached hydrogen (secondary N) is 1. The van der Waals surface area contributed by atoms with Gasteiger partial charge < -0.3 is 14.1 Å². The fourth-order valence-corrected chi connectivity index (χ4v) is 3.67. The Morgan fingerprint density at radius 1 is 1.19 bits per heavy atom. The van der Waals surface area contributed by atoms with Crippen molar-refractivity contribution >= 4 is 11.8 Å². The lowest BCUT2D eigenvalue weighted by molar-refractivity contribution is 0.0465. The first-order valence-corrected chi connectivity index (χ1v) is 9.03. The molecule has 0 amide bonds. The Bertz CT molecular complexity index is 980. The van der Waals surface area contributed by atoms with E-state index in [1.165, 1.54) is 0 Å². The number of carbonyl (C=O) groups excluding carboxylic acids is 2. The maximum absolute atomic E-state index is 12.6. The van der Waals surface area contributed by atoms with E-state index < -0.39 is 5.97 Å². The topological polar surface area (TPSA) is 72.3 Å². The molecule has 0 spiro atoms. The molecule has 1 atom stereocenters. The second-order valence-electron chi connectivity index (χ2n) is 7.08. The van der Waals surface area contributed by atoms with Crippen molar-refractivity contribution in [1.29, 1.82) is 0 Å². The van der Waals surface area contributed by atoms with E-state index in [0.717, 1.165) is 22.6 Å². The molecule has 1 N–H and O–H groups in total. The number of hydrogen-bond donors (Lipinski definition) is 1. The number of carbonyl (C=O) groups is 2. The van der Waals surface area contributed by atoms with Crippen molar-refractivity contribution in [2.24, 2.45) is 0 Å². The zero-order valence-electron chi connectivity index (χ0n) is 15.4. The summed E-state index contributed by atoms with van der Waals surface area (Å²) in [5.74, 6) is 0.382. The van der Waals surface area contributed by atoms with Gasteiger partial charge in [-0.15, -0.1) is 0 Å². The molecule has 5 nitrogen and oxygen atoms in total. The number of ketones is 1. The molecular formula is C22H21NO4. The van der Waals surface area contributed by atoms with Crippen molar-refractivity contribution in [3.05, 3.63) is 82.1 Å². The summed E-state index contributed by atoms with van der Waals surface area (Å²) in [6.45, 7) is 4.00. The molecular weight excluding hydrogens is 342 g/mol. The number of ether oxygens (including phenoxy) is 1. The van der Waals surface area contributed by atoms with E-state index in [0.29, 0.717) is 29.7 Å². The smallest absolute Gasteiger partial charge is 0.355 e. The highest BCUT2D eigenvalue weighted by atomic mass is 16.5. The van der Waals surface area contributed by atoms with Crippen LogP contribution in [0, 0.1) is 13.8 Å². The molecule has 0 bridgehead atoms. The number of hydrogen-bond acceptors (Lipinski definition) is 4. The van der Waals surface area contributed by atoms with Crippen LogP contribution < -0.4 is 0 Å². The molecule has 27 heavy (non-hydrogen) atoms. The summed E-state index contributed by atoms with van der Waals surface area (Å²) in [5, 5.41) is 0. The zero-order valence-corrected chi connectivity index (χ0v) is 15.4. The highest BCUT2D eigenvalue weighted by molar-refractivity contribution is 6.03. The van der Waals surface area contributed by atoms with Crippen molar-refractivity contribution < 1.29 is 18.7 Å². The third kappa shape index (κ3) is 3.33. The van der Waals surface area contributed by atoms with Gasteiger partial charge in [0.05, 0.1) is 6.26 Å². The first-order chi connectivity index (χ1) is 13.0. The molecule has 0 unspecified atom stereocenters. The van der Waals surface area contributed by atoms with Crippen LogP contribution in [0.25, 0.3) is 0 Å². The van der Waals surface area contributed by atoms with Crippen LogP contribution in [0.3, 0.4) is 0 Å². The number of benzene rings is 1. The van der Waals surface area contributed by atoms with Crippen molar-refractivity contribution in [2.75, 3.05) is 0 Å². The summed E-state index contributed by atoms with van der Waals surface area (Å²) in [6.07, 6.45) is 2.64. The number of fused-ring (bicyclic) bond motifs is 1. The van der Waals surface area contributed by atoms with E-state index >= 15 is 0 Å². The van der Waals surface area contributed by atoms with Crippen LogP contribution in [-0.4, -0.2) is 16.7 Å². The third-order valence-electron chi connectivity index (χ3n) is 5.13. The molecule has 2 aromatic heterocycles. The minimum absolute atomic E-state index is 0.00511. The molecule has 2 heterocycles. The molecule has 4 rings (SSSR count). The van der Waals surface area contributed by atoms with Gasteiger partial charge in [0, 0.05) is 23.6 Å². The van der Waals surface area contributed by atoms with E-state index in [-0.39, 0.29) is 18.3 Å². The zero-order chi connectivity index (χ0) is 19.0. The highest BCUT2D eigenvalue weighted by Gasteiger charge is 2.33. The lowest BCUT2D eigenvalue weighted by Crippen LogP contribution is -2.18. The summed E-state index contributed by atoms with van der Waals surface area (Å²) in [7, 11) is 0. The number of aromatic nitrogens is 1. The van der Waals surface area contributed by atoms with Gasteiger partial charge in [0.2, 0.25) is 0 Å². The van der Waals surface area contributed by atoms with E-state index in [1.54, 1.807) is 13.2 Å². The number of aromatic amines is 1. The maximum atomic E-state index is 12.6. The summed E-state index contributed by atoms with van der Waals surface area (Å²) < 4.78 is 10.9. The van der Waals surface area contributed by atoms with Crippen LogP contribution in [-0.2, 0) is 17.8 Å². The fourth-order valence-electron chi connectivity index (χ4n) is 3.67. The SMILES string of the molecule is Cc1ccc(COC(=O)c2[nH]c3c(c2C)C(=O)C[C@H](c2ccco2)C3)cc1. The van der Waals surface area contributed by atoms with Crippen molar-refractivity contribution in [3.8, 4) is 0 Å². The predicted molar refractivity (Wildman–Crippen MR) is 99.9 cm³/mol. The summed E-state index contributed by atoms with van der Waals surface area (Å²) in [6, 6.07) is 11.5. The van der Waals surface area contributed by atoms with Gasteiger partial charge in [-0.05, 0) is 43.5 Å². The quantitative estimate of drug-likeness (QED) is 0.693. The van der Waals surface area contributed by atoms with Crippen LogP contribution >= 0.6 is 0 Å². The molecule has 0 radical (unpaired) electrons. The first kappa shape index (κ1) is 17.3. The Labute approximate surface area is 157 Å². The number of aryl methyl sites for hydroxylation is 1. The lowest BCUT2D eigenvalue weighted by atomic mass is 9.84. The van der Waals surface area contributed by atoms with Crippen molar-refractivity contribution in [1.82, 2.24) is 4.98 Å². The van der Waals surface area contributed by atoms with Crippen molar-refractivity contribution in [2.45, 2.75) is 39.2 Å². The Balaban J connectivity index is 1.53. The van der Waals surface area contributed by atoms with Gasteiger partial charge in [-0.1, -0.05) is 29.8 Å². The summed E-state index contributed by atoms with van der Waals surface area (Å²) in [5.41, 5.74) is 4.52. The van der Waals surface area contributed by atoms with Gasteiger partial charge in [0.25, 0.3) is 0 Å². The number of esters is 1. The molecule has 0 saturated carbocycles. The number of Topliss-reactive ketones (excluding diaryl/α,β-unsaturated/α-hetero) is 1. The molecule has 0 aliphatic heterocycles. The van der Waals surface area contributed by atoms with Gasteiger partial charge in [-0.25, -0.2) is 4.79 Å². The largest absolute Gasteiger partial charge is 0.469 e. The second kappa shape index (κ2) is 6.91. The number of furan rings is 1. The average molecular weight is 363 g/mol. The van der Waals surface area contributed by atoms with Gasteiger partial charge in [0.15, 0.2) is 5.78 Å². The minimum atomic E-state index is -0.440. The van der Waals surface area contributed by atoms with E-state index in [4.69, 9.17) is 9.15 Å². The predicted octanol–water partition coefficient (Wildman–Crippen LogP) is 4.49. The molecule has 1 aliphatic carbocycles. The number of H-pyrrole nitrogens is 1. The standard InChI is InChI=1S/C22H21NO4/c1-13-5-7-15(8-6-13)12-27-22(25)21-14(2)20-17(23-21)10-16(11-18(20)24)19-4-3-9-26-19/h3-9,16,23H,10-12H2,1-2H3/t16-/m1/s1. The Morgan fingerprint density at radius 2 is 1.96 bits per heavy atom. The van der Waals surface area contributed by atoms with E-state index in [9.17, 15) is 9.59 Å². The first-order valence-electron chi connectivity index (χ1n) is 9.03. The Hall–Kier alpha value is -3.08. The van der Waals surface area contributed by atoms with Crippen LogP contribution in [0.2, 0.25) is 0 Å². The third-order valence-corrected chi connectivity index (χ3v) is 5.13. The molecule has 0 fully saturated rings. The number of rotatable bonds is 4. The summed E-state index contributed by atoms with van der Waals surface area (Å²) in [4.78, 5) is 28.3. The van der Waals surface area contributed by atoms with Crippen molar-refractivity contribution in [3.63, 3.8) is 0 Å². The highest BCUT2D eigenvalue weighted by Crippen LogP contribution is 2.35.